The maximum absolute atomic E-state index is 11.6. The van der Waals surface area contributed by atoms with Crippen molar-refractivity contribution in [2.45, 2.75) is 50.7 Å². The first kappa shape index (κ1) is 12.2. The van der Waals surface area contributed by atoms with Gasteiger partial charge in [0.15, 0.2) is 0 Å². The van der Waals surface area contributed by atoms with Crippen molar-refractivity contribution in [1.82, 2.24) is 0 Å². The molecule has 0 bridgehead atoms. The van der Waals surface area contributed by atoms with Gasteiger partial charge in [-0.15, -0.1) is 0 Å². The maximum atomic E-state index is 11.6. The summed E-state index contributed by atoms with van der Waals surface area (Å²) in [7, 11) is 1.35. The number of epoxide rings is 1. The van der Waals surface area contributed by atoms with Crippen molar-refractivity contribution in [2.24, 2.45) is 11.3 Å². The van der Waals surface area contributed by atoms with Gasteiger partial charge in [0, 0.05) is 0 Å². The van der Waals surface area contributed by atoms with E-state index in [1.165, 1.54) is 7.11 Å². The van der Waals surface area contributed by atoms with Gasteiger partial charge in [0.2, 0.25) is 0 Å². The predicted molar refractivity (Wildman–Crippen MR) is 61.2 cm³/mol. The highest BCUT2D eigenvalue weighted by atomic mass is 35.5. The number of rotatable bonds is 1. The summed E-state index contributed by atoms with van der Waals surface area (Å²) in [5, 5.41) is -1.22. The summed E-state index contributed by atoms with van der Waals surface area (Å²) in [5.74, 6) is -0.173. The minimum atomic E-state index is -1.22. The second-order valence-corrected chi connectivity index (χ2v) is 6.38. The van der Waals surface area contributed by atoms with E-state index in [0.29, 0.717) is 5.41 Å². The summed E-state index contributed by atoms with van der Waals surface area (Å²) in [5.41, 5.74) is -0.179. The smallest absolute Gasteiger partial charge is 0.357 e. The van der Waals surface area contributed by atoms with Gasteiger partial charge < -0.3 is 9.47 Å². The zero-order valence-electron chi connectivity index (χ0n) is 10.3. The van der Waals surface area contributed by atoms with Gasteiger partial charge in [-0.1, -0.05) is 32.4 Å². The van der Waals surface area contributed by atoms with Crippen molar-refractivity contribution >= 4 is 17.6 Å². The summed E-state index contributed by atoms with van der Waals surface area (Å²) >= 11 is 6.22. The summed E-state index contributed by atoms with van der Waals surface area (Å²) < 4.78 is 10.3. The Labute approximate surface area is 101 Å². The molecule has 4 heteroatoms. The van der Waals surface area contributed by atoms with Crippen molar-refractivity contribution in [2.75, 3.05) is 7.11 Å². The lowest BCUT2D eigenvalue weighted by Gasteiger charge is -2.38. The Morgan fingerprint density at radius 3 is 2.56 bits per heavy atom. The number of halogens is 1. The lowest BCUT2D eigenvalue weighted by Crippen LogP contribution is -2.41. The first-order valence-electron chi connectivity index (χ1n) is 5.75. The van der Waals surface area contributed by atoms with E-state index < -0.39 is 16.6 Å². The molecule has 1 aliphatic carbocycles. The van der Waals surface area contributed by atoms with Gasteiger partial charge in [-0.3, -0.25) is 0 Å². The first-order chi connectivity index (χ1) is 7.27. The molecule has 0 aromatic heterocycles. The third kappa shape index (κ3) is 1.48. The Morgan fingerprint density at radius 2 is 2.06 bits per heavy atom. The molecule has 2 aliphatic rings. The summed E-state index contributed by atoms with van der Waals surface area (Å²) in [6.07, 6.45) is 2.89. The Morgan fingerprint density at radius 1 is 1.44 bits per heavy atom. The van der Waals surface area contributed by atoms with Crippen LogP contribution in [-0.2, 0) is 14.3 Å². The van der Waals surface area contributed by atoms with Gasteiger partial charge in [0.1, 0.15) is 5.60 Å². The van der Waals surface area contributed by atoms with E-state index in [2.05, 4.69) is 20.8 Å². The minimum Gasteiger partial charge on any atom is -0.466 e. The number of hydrogen-bond donors (Lipinski definition) is 0. The Hall–Kier alpha value is -0.280. The van der Waals surface area contributed by atoms with Gasteiger partial charge in [-0.05, 0) is 30.6 Å². The third-order valence-corrected chi connectivity index (χ3v) is 4.65. The summed E-state index contributed by atoms with van der Waals surface area (Å²) in [4.78, 5) is 11.6. The second-order valence-electron chi connectivity index (χ2n) is 5.85. The number of alkyl halides is 1. The van der Waals surface area contributed by atoms with E-state index in [9.17, 15) is 4.79 Å². The Balaban J connectivity index is 2.16. The van der Waals surface area contributed by atoms with Crippen molar-refractivity contribution in [3.8, 4) is 0 Å². The number of carbonyl (C=O) groups is 1. The standard InChI is InChI=1S/C12H19ClO3/c1-8-7-10(2,3)5-6-11(8)12(13,16-11)9(14)15-4/h8H,5-7H2,1-4H3. The molecule has 16 heavy (non-hydrogen) atoms. The number of carbonyl (C=O) groups excluding carboxylic acids is 1. The van der Waals surface area contributed by atoms with E-state index in [4.69, 9.17) is 21.1 Å². The first-order valence-corrected chi connectivity index (χ1v) is 6.13. The minimum absolute atomic E-state index is 0.285. The van der Waals surface area contributed by atoms with Crippen molar-refractivity contribution < 1.29 is 14.3 Å². The number of hydrogen-bond acceptors (Lipinski definition) is 3. The SMILES string of the molecule is COC(=O)C1(Cl)OC12CCC(C)(C)CC2C. The van der Waals surface area contributed by atoms with Crippen LogP contribution in [0.2, 0.25) is 0 Å². The van der Waals surface area contributed by atoms with Crippen molar-refractivity contribution in [1.29, 1.82) is 0 Å². The van der Waals surface area contributed by atoms with Crippen LogP contribution in [-0.4, -0.2) is 23.7 Å². The van der Waals surface area contributed by atoms with Gasteiger partial charge in [0.05, 0.1) is 7.11 Å². The van der Waals surface area contributed by atoms with E-state index in [1.807, 2.05) is 0 Å². The highest BCUT2D eigenvalue weighted by Gasteiger charge is 2.78. The molecule has 1 spiro atoms. The fraction of sp³-hybridized carbons (Fsp3) is 0.917. The zero-order valence-corrected chi connectivity index (χ0v) is 11.1. The molecule has 0 amide bonds. The van der Waals surface area contributed by atoms with Crippen LogP contribution < -0.4 is 0 Å². The summed E-state index contributed by atoms with van der Waals surface area (Å²) in [6, 6.07) is 0. The molecule has 3 nitrogen and oxygen atoms in total. The Kier molecular flexibility index (Phi) is 2.56. The van der Waals surface area contributed by atoms with Gasteiger partial charge >= 0.3 is 5.97 Å². The average molecular weight is 247 g/mol. The molecule has 3 unspecified atom stereocenters. The third-order valence-electron chi connectivity index (χ3n) is 4.10. The molecule has 1 aliphatic heterocycles. The zero-order chi connectivity index (χ0) is 12.2. The normalized spacial score (nSPS) is 45.4. The topological polar surface area (TPSA) is 38.8 Å². The lowest BCUT2D eigenvalue weighted by atomic mass is 9.66. The fourth-order valence-corrected chi connectivity index (χ4v) is 3.56. The highest BCUT2D eigenvalue weighted by molar-refractivity contribution is 6.36. The van der Waals surface area contributed by atoms with Crippen LogP contribution in [0.1, 0.15) is 40.0 Å². The van der Waals surface area contributed by atoms with Crippen LogP contribution >= 0.6 is 11.6 Å². The number of ether oxygens (including phenoxy) is 2. The molecule has 2 fully saturated rings. The Bertz CT molecular complexity index is 328. The molecule has 0 N–H and O–H groups in total. The van der Waals surface area contributed by atoms with Gasteiger partial charge in [-0.25, -0.2) is 4.79 Å². The van der Waals surface area contributed by atoms with Crippen molar-refractivity contribution in [3.63, 3.8) is 0 Å². The molecule has 0 aromatic rings. The second kappa shape index (κ2) is 3.36. The molecule has 1 saturated heterocycles. The average Bonchev–Trinajstić information content (AvgIpc) is 2.81. The van der Waals surface area contributed by atoms with Crippen LogP contribution in [0.25, 0.3) is 0 Å². The predicted octanol–water partition coefficient (Wildman–Crippen LogP) is 2.71. The largest absolute Gasteiger partial charge is 0.466 e. The number of esters is 1. The van der Waals surface area contributed by atoms with Gasteiger partial charge in [0.25, 0.3) is 5.06 Å². The van der Waals surface area contributed by atoms with E-state index in [0.717, 1.165) is 19.3 Å². The van der Waals surface area contributed by atoms with E-state index >= 15 is 0 Å². The van der Waals surface area contributed by atoms with Crippen LogP contribution in [0.15, 0.2) is 0 Å². The quantitative estimate of drug-likeness (QED) is 0.406. The van der Waals surface area contributed by atoms with E-state index in [1.54, 1.807) is 0 Å². The van der Waals surface area contributed by atoms with E-state index in [-0.39, 0.29) is 5.92 Å². The molecule has 0 aromatic carbocycles. The number of methoxy groups -OCH3 is 1. The molecule has 3 atom stereocenters. The maximum Gasteiger partial charge on any atom is 0.357 e. The summed E-state index contributed by atoms with van der Waals surface area (Å²) in [6.45, 7) is 6.59. The molecular formula is C12H19ClO3. The molecule has 0 radical (unpaired) electrons. The van der Waals surface area contributed by atoms with Gasteiger partial charge in [-0.2, -0.15) is 0 Å². The highest BCUT2D eigenvalue weighted by Crippen LogP contribution is 2.64. The lowest BCUT2D eigenvalue weighted by molar-refractivity contribution is -0.143. The molecule has 1 saturated carbocycles. The fourth-order valence-electron chi connectivity index (χ4n) is 3.07. The molecule has 2 rings (SSSR count). The monoisotopic (exact) mass is 246 g/mol. The van der Waals surface area contributed by atoms with Crippen molar-refractivity contribution in [3.05, 3.63) is 0 Å². The van der Waals surface area contributed by atoms with Crippen LogP contribution in [0.5, 0.6) is 0 Å². The van der Waals surface area contributed by atoms with Crippen LogP contribution in [0.4, 0.5) is 0 Å². The van der Waals surface area contributed by atoms with Crippen LogP contribution in [0, 0.1) is 11.3 Å². The molecular weight excluding hydrogens is 228 g/mol. The van der Waals surface area contributed by atoms with Crippen LogP contribution in [0.3, 0.4) is 0 Å². The molecule has 92 valence electrons. The molecule has 1 heterocycles.